The van der Waals surface area contributed by atoms with Crippen molar-refractivity contribution >= 4 is 11.0 Å². The smallest absolute Gasteiger partial charge is 0.134 e. The molecule has 0 bridgehead atoms. The fourth-order valence-corrected chi connectivity index (χ4v) is 3.85. The molecule has 0 amide bonds. The molecular formula is C19H27NO. The number of para-hydroxylation sites is 1. The Balaban J connectivity index is 1.74. The summed E-state index contributed by atoms with van der Waals surface area (Å²) in [5.41, 5.74) is 2.28. The van der Waals surface area contributed by atoms with Crippen molar-refractivity contribution in [2.45, 2.75) is 65.0 Å². The van der Waals surface area contributed by atoms with E-state index in [4.69, 9.17) is 4.42 Å². The Morgan fingerprint density at radius 2 is 1.81 bits per heavy atom. The van der Waals surface area contributed by atoms with Gasteiger partial charge in [0, 0.05) is 11.4 Å². The summed E-state index contributed by atoms with van der Waals surface area (Å²) in [5.74, 6) is 1.92. The SMILES string of the molecule is Cc1c(C(C)N[C@@H](C)C2CCCCC2)oc2ccccc12. The van der Waals surface area contributed by atoms with E-state index in [1.165, 1.54) is 43.1 Å². The molecule has 114 valence electrons. The first kappa shape index (κ1) is 14.6. The molecule has 0 radical (unpaired) electrons. The van der Waals surface area contributed by atoms with Crippen molar-refractivity contribution in [1.82, 2.24) is 5.32 Å². The largest absolute Gasteiger partial charge is 0.459 e. The molecule has 1 fully saturated rings. The van der Waals surface area contributed by atoms with Gasteiger partial charge in [-0.3, -0.25) is 0 Å². The van der Waals surface area contributed by atoms with E-state index in [-0.39, 0.29) is 6.04 Å². The van der Waals surface area contributed by atoms with Crippen LogP contribution in [-0.2, 0) is 0 Å². The molecule has 0 aliphatic heterocycles. The molecule has 0 spiro atoms. The number of hydrogen-bond acceptors (Lipinski definition) is 2. The minimum absolute atomic E-state index is 0.273. The molecule has 1 aromatic carbocycles. The number of nitrogens with one attached hydrogen (secondary N) is 1. The van der Waals surface area contributed by atoms with Gasteiger partial charge < -0.3 is 9.73 Å². The molecule has 1 unspecified atom stereocenters. The summed E-state index contributed by atoms with van der Waals surface area (Å²) in [5, 5.41) is 5.02. The van der Waals surface area contributed by atoms with Crippen molar-refractivity contribution in [2.75, 3.05) is 0 Å². The Kier molecular flexibility index (Phi) is 4.34. The van der Waals surface area contributed by atoms with Crippen molar-refractivity contribution in [3.8, 4) is 0 Å². The third kappa shape index (κ3) is 3.01. The summed E-state index contributed by atoms with van der Waals surface area (Å²) in [6.45, 7) is 6.74. The quantitative estimate of drug-likeness (QED) is 0.818. The Morgan fingerprint density at radius 1 is 1.10 bits per heavy atom. The molecule has 1 aromatic heterocycles. The maximum atomic E-state index is 6.09. The highest BCUT2D eigenvalue weighted by atomic mass is 16.3. The molecule has 1 saturated carbocycles. The van der Waals surface area contributed by atoms with Gasteiger partial charge >= 0.3 is 0 Å². The van der Waals surface area contributed by atoms with Gasteiger partial charge in [0.25, 0.3) is 0 Å². The van der Waals surface area contributed by atoms with Gasteiger partial charge in [-0.1, -0.05) is 37.5 Å². The van der Waals surface area contributed by atoms with Crippen molar-refractivity contribution in [2.24, 2.45) is 5.92 Å². The van der Waals surface area contributed by atoms with Crippen LogP contribution in [-0.4, -0.2) is 6.04 Å². The van der Waals surface area contributed by atoms with Gasteiger partial charge in [-0.2, -0.15) is 0 Å². The van der Waals surface area contributed by atoms with Gasteiger partial charge in [0.05, 0.1) is 6.04 Å². The first-order valence-electron chi connectivity index (χ1n) is 8.41. The molecule has 2 nitrogen and oxygen atoms in total. The summed E-state index contributed by atoms with van der Waals surface area (Å²) < 4.78 is 6.09. The van der Waals surface area contributed by atoms with Crippen molar-refractivity contribution in [1.29, 1.82) is 0 Å². The fourth-order valence-electron chi connectivity index (χ4n) is 3.85. The van der Waals surface area contributed by atoms with Gasteiger partial charge in [0.2, 0.25) is 0 Å². The molecule has 1 aliphatic carbocycles. The highest BCUT2D eigenvalue weighted by molar-refractivity contribution is 5.82. The average Bonchev–Trinajstić information content (AvgIpc) is 2.86. The summed E-state index contributed by atoms with van der Waals surface area (Å²) in [4.78, 5) is 0. The lowest BCUT2D eigenvalue weighted by Gasteiger charge is -2.30. The first-order chi connectivity index (χ1) is 10.2. The van der Waals surface area contributed by atoms with Crippen LogP contribution in [0.4, 0.5) is 0 Å². The summed E-state index contributed by atoms with van der Waals surface area (Å²) >= 11 is 0. The van der Waals surface area contributed by atoms with E-state index in [2.05, 4.69) is 44.3 Å². The van der Waals surface area contributed by atoms with Crippen LogP contribution in [0.5, 0.6) is 0 Å². The first-order valence-corrected chi connectivity index (χ1v) is 8.41. The second kappa shape index (κ2) is 6.23. The molecule has 21 heavy (non-hydrogen) atoms. The number of aryl methyl sites for hydroxylation is 1. The lowest BCUT2D eigenvalue weighted by molar-refractivity contribution is 0.260. The number of fused-ring (bicyclic) bond motifs is 1. The molecule has 0 saturated heterocycles. The van der Waals surface area contributed by atoms with Gasteiger partial charge in [0.1, 0.15) is 11.3 Å². The second-order valence-corrected chi connectivity index (χ2v) is 6.66. The minimum Gasteiger partial charge on any atom is -0.459 e. The molecule has 2 atom stereocenters. The normalized spacial score (nSPS) is 19.8. The summed E-state index contributed by atoms with van der Waals surface area (Å²) in [7, 11) is 0. The second-order valence-electron chi connectivity index (χ2n) is 6.66. The van der Waals surface area contributed by atoms with Crippen molar-refractivity contribution in [3.05, 3.63) is 35.6 Å². The standard InChI is InChI=1S/C19H27NO/c1-13-17-11-7-8-12-18(17)21-19(13)15(3)20-14(2)16-9-5-4-6-10-16/h7-8,11-12,14-16,20H,4-6,9-10H2,1-3H3/t14-,15?/m0/s1. The van der Waals surface area contributed by atoms with Crippen LogP contribution in [0.1, 0.15) is 63.3 Å². The number of benzene rings is 1. The molecule has 2 heteroatoms. The highest BCUT2D eigenvalue weighted by Gasteiger charge is 2.23. The van der Waals surface area contributed by atoms with Crippen LogP contribution in [0.3, 0.4) is 0 Å². The van der Waals surface area contributed by atoms with Gasteiger partial charge in [-0.15, -0.1) is 0 Å². The summed E-state index contributed by atoms with van der Waals surface area (Å²) in [6.07, 6.45) is 6.96. The van der Waals surface area contributed by atoms with Crippen LogP contribution in [0.2, 0.25) is 0 Å². The zero-order valence-corrected chi connectivity index (χ0v) is 13.5. The zero-order valence-electron chi connectivity index (χ0n) is 13.5. The lowest BCUT2D eigenvalue weighted by Crippen LogP contribution is -2.36. The van der Waals surface area contributed by atoms with E-state index < -0.39 is 0 Å². The number of rotatable bonds is 4. The van der Waals surface area contributed by atoms with Crippen LogP contribution >= 0.6 is 0 Å². The summed E-state index contributed by atoms with van der Waals surface area (Å²) in [6, 6.07) is 9.16. The third-order valence-corrected chi connectivity index (χ3v) is 5.14. The monoisotopic (exact) mass is 285 g/mol. The van der Waals surface area contributed by atoms with Crippen LogP contribution < -0.4 is 5.32 Å². The van der Waals surface area contributed by atoms with E-state index in [1.54, 1.807) is 0 Å². The maximum Gasteiger partial charge on any atom is 0.134 e. The van der Waals surface area contributed by atoms with E-state index in [9.17, 15) is 0 Å². The van der Waals surface area contributed by atoms with Crippen LogP contribution in [0.25, 0.3) is 11.0 Å². The van der Waals surface area contributed by atoms with Gasteiger partial charge in [-0.25, -0.2) is 0 Å². The lowest BCUT2D eigenvalue weighted by atomic mass is 9.84. The Bertz CT molecular complexity index is 595. The van der Waals surface area contributed by atoms with Crippen LogP contribution in [0, 0.1) is 12.8 Å². The Hall–Kier alpha value is -1.28. The predicted octanol–water partition coefficient (Wildman–Crippen LogP) is 5.36. The van der Waals surface area contributed by atoms with Gasteiger partial charge in [-0.05, 0) is 51.2 Å². The van der Waals surface area contributed by atoms with Crippen molar-refractivity contribution in [3.63, 3.8) is 0 Å². The predicted molar refractivity (Wildman–Crippen MR) is 88.5 cm³/mol. The van der Waals surface area contributed by atoms with Crippen LogP contribution in [0.15, 0.2) is 28.7 Å². The van der Waals surface area contributed by atoms with E-state index in [0.29, 0.717) is 6.04 Å². The molecular weight excluding hydrogens is 258 g/mol. The van der Waals surface area contributed by atoms with E-state index in [1.807, 2.05) is 6.07 Å². The Morgan fingerprint density at radius 3 is 2.52 bits per heavy atom. The van der Waals surface area contributed by atoms with Gasteiger partial charge in [0.15, 0.2) is 0 Å². The van der Waals surface area contributed by atoms with Crippen molar-refractivity contribution < 1.29 is 4.42 Å². The third-order valence-electron chi connectivity index (χ3n) is 5.14. The topological polar surface area (TPSA) is 25.2 Å². The zero-order chi connectivity index (χ0) is 14.8. The van der Waals surface area contributed by atoms with E-state index >= 15 is 0 Å². The molecule has 3 rings (SSSR count). The molecule has 1 N–H and O–H groups in total. The van der Waals surface area contributed by atoms with E-state index in [0.717, 1.165) is 17.3 Å². The molecule has 2 aromatic rings. The molecule has 1 heterocycles. The molecule has 1 aliphatic rings. The number of hydrogen-bond donors (Lipinski definition) is 1. The number of furan rings is 1. The minimum atomic E-state index is 0.273. The fraction of sp³-hybridized carbons (Fsp3) is 0.579. The maximum absolute atomic E-state index is 6.09. The highest BCUT2D eigenvalue weighted by Crippen LogP contribution is 2.31. The Labute approximate surface area is 127 Å². The average molecular weight is 285 g/mol.